The normalized spacial score (nSPS) is 11.3. The molecule has 0 atom stereocenters. The molecule has 0 aromatic heterocycles. The van der Waals surface area contributed by atoms with Crippen LogP contribution >= 0.6 is 0 Å². The number of nitriles is 1. The van der Waals surface area contributed by atoms with Crippen LogP contribution in [0.25, 0.3) is 0 Å². The van der Waals surface area contributed by atoms with Gasteiger partial charge < -0.3 is 4.74 Å². The Kier molecular flexibility index (Phi) is 4.93. The van der Waals surface area contributed by atoms with Gasteiger partial charge in [0.1, 0.15) is 0 Å². The van der Waals surface area contributed by atoms with Gasteiger partial charge in [-0.2, -0.15) is 14.0 Å². The third-order valence-electron chi connectivity index (χ3n) is 2.66. The van der Waals surface area contributed by atoms with Crippen molar-refractivity contribution in [1.82, 2.24) is 0 Å². The lowest BCUT2D eigenvalue weighted by atomic mass is 9.90. The molecule has 1 rings (SSSR count). The Balaban J connectivity index is 2.78. The lowest BCUT2D eigenvalue weighted by Crippen LogP contribution is -2.12. The molecule has 110 valence electrons. The largest absolute Gasteiger partial charge is 0.487 e. The molecule has 0 aliphatic carbocycles. The molecule has 0 amide bonds. The fourth-order valence-corrected chi connectivity index (χ4v) is 1.46. The summed E-state index contributed by atoms with van der Waals surface area (Å²) in [4.78, 5) is 0. The van der Waals surface area contributed by atoms with E-state index in [0.29, 0.717) is 6.42 Å². The van der Waals surface area contributed by atoms with E-state index in [1.807, 2.05) is 6.07 Å². The molecule has 0 N–H and O–H groups in total. The summed E-state index contributed by atoms with van der Waals surface area (Å²) in [5.74, 6) is -11.6. The van der Waals surface area contributed by atoms with Crippen molar-refractivity contribution in [3.8, 4) is 11.8 Å². The number of hydrogen-bond donors (Lipinski definition) is 0. The predicted octanol–water partition coefficient (Wildman–Crippen LogP) is 4.09. The second kappa shape index (κ2) is 6.07. The fourth-order valence-electron chi connectivity index (χ4n) is 1.46. The van der Waals surface area contributed by atoms with E-state index in [-0.39, 0.29) is 13.0 Å². The molecular formula is C13H12F5NO. The SMILES string of the molecule is CC(C)(C#N)CCCOc1c(F)c(F)c(F)c(F)c1F. The molecule has 1 aromatic rings. The molecular weight excluding hydrogens is 281 g/mol. The minimum Gasteiger partial charge on any atom is -0.487 e. The highest BCUT2D eigenvalue weighted by Crippen LogP contribution is 2.29. The first-order valence-electron chi connectivity index (χ1n) is 5.76. The fraction of sp³-hybridized carbons (Fsp3) is 0.462. The summed E-state index contributed by atoms with van der Waals surface area (Å²) in [6, 6.07) is 2.02. The van der Waals surface area contributed by atoms with Crippen LogP contribution in [0, 0.1) is 45.8 Å². The Bertz CT molecular complexity index is 522. The van der Waals surface area contributed by atoms with Gasteiger partial charge >= 0.3 is 0 Å². The first-order chi connectivity index (χ1) is 9.21. The third kappa shape index (κ3) is 3.38. The average molecular weight is 293 g/mol. The molecule has 0 heterocycles. The second-order valence-electron chi connectivity index (χ2n) is 4.85. The van der Waals surface area contributed by atoms with Gasteiger partial charge in [0.15, 0.2) is 5.75 Å². The van der Waals surface area contributed by atoms with Gasteiger partial charge in [-0.05, 0) is 26.7 Å². The van der Waals surface area contributed by atoms with Gasteiger partial charge in [0.05, 0.1) is 18.1 Å². The van der Waals surface area contributed by atoms with E-state index in [9.17, 15) is 22.0 Å². The summed E-state index contributed by atoms with van der Waals surface area (Å²) in [5, 5.41) is 8.75. The number of ether oxygens (including phenoxy) is 1. The zero-order chi connectivity index (χ0) is 15.5. The molecule has 0 saturated heterocycles. The molecule has 1 aromatic carbocycles. The summed E-state index contributed by atoms with van der Waals surface area (Å²) >= 11 is 0. The van der Waals surface area contributed by atoms with E-state index < -0.39 is 40.3 Å². The highest BCUT2D eigenvalue weighted by molar-refractivity contribution is 5.29. The van der Waals surface area contributed by atoms with Crippen LogP contribution in [0.5, 0.6) is 5.75 Å². The molecule has 20 heavy (non-hydrogen) atoms. The number of nitrogens with zero attached hydrogens (tertiary/aromatic N) is 1. The van der Waals surface area contributed by atoms with Crippen molar-refractivity contribution in [1.29, 1.82) is 5.26 Å². The summed E-state index contributed by atoms with van der Waals surface area (Å²) in [6.45, 7) is 3.06. The van der Waals surface area contributed by atoms with E-state index in [1.165, 1.54) is 0 Å². The van der Waals surface area contributed by atoms with Crippen LogP contribution in [0.1, 0.15) is 26.7 Å². The standard InChI is InChI=1S/C13H12F5NO/c1-13(2,6-19)4-3-5-20-12-10(17)8(15)7(14)9(16)11(12)18/h3-5H2,1-2H3. The van der Waals surface area contributed by atoms with Crippen LogP contribution in [-0.4, -0.2) is 6.61 Å². The van der Waals surface area contributed by atoms with E-state index in [2.05, 4.69) is 4.74 Å². The van der Waals surface area contributed by atoms with E-state index >= 15 is 0 Å². The Labute approximate surface area is 112 Å². The van der Waals surface area contributed by atoms with E-state index in [1.54, 1.807) is 13.8 Å². The van der Waals surface area contributed by atoms with Crippen LogP contribution in [0.2, 0.25) is 0 Å². The van der Waals surface area contributed by atoms with Crippen molar-refractivity contribution in [2.45, 2.75) is 26.7 Å². The molecule has 0 saturated carbocycles. The molecule has 0 bridgehead atoms. The number of hydrogen-bond acceptors (Lipinski definition) is 2. The van der Waals surface area contributed by atoms with Crippen LogP contribution in [0.3, 0.4) is 0 Å². The minimum absolute atomic E-state index is 0.236. The molecule has 0 radical (unpaired) electrons. The maximum absolute atomic E-state index is 13.2. The van der Waals surface area contributed by atoms with Crippen molar-refractivity contribution in [3.05, 3.63) is 29.1 Å². The Morgan fingerprint density at radius 2 is 1.40 bits per heavy atom. The molecule has 2 nitrogen and oxygen atoms in total. The van der Waals surface area contributed by atoms with Crippen molar-refractivity contribution in [3.63, 3.8) is 0 Å². The molecule has 0 aliphatic rings. The molecule has 0 fully saturated rings. The average Bonchev–Trinajstić information content (AvgIpc) is 2.42. The van der Waals surface area contributed by atoms with Gasteiger partial charge in [-0.15, -0.1) is 0 Å². The smallest absolute Gasteiger partial charge is 0.206 e. The maximum atomic E-state index is 13.2. The summed E-state index contributed by atoms with van der Waals surface area (Å²) in [5.41, 5.74) is -0.653. The molecule has 0 spiro atoms. The van der Waals surface area contributed by atoms with Crippen molar-refractivity contribution < 1.29 is 26.7 Å². The summed E-state index contributed by atoms with van der Waals surface area (Å²) in [7, 11) is 0. The van der Waals surface area contributed by atoms with Crippen LogP contribution in [0.15, 0.2) is 0 Å². The van der Waals surface area contributed by atoms with Gasteiger partial charge in [0, 0.05) is 0 Å². The van der Waals surface area contributed by atoms with E-state index in [4.69, 9.17) is 5.26 Å². The van der Waals surface area contributed by atoms with Crippen LogP contribution in [-0.2, 0) is 0 Å². The number of benzene rings is 1. The van der Waals surface area contributed by atoms with Crippen molar-refractivity contribution >= 4 is 0 Å². The quantitative estimate of drug-likeness (QED) is 0.354. The zero-order valence-electron chi connectivity index (χ0n) is 10.9. The maximum Gasteiger partial charge on any atom is 0.206 e. The van der Waals surface area contributed by atoms with Gasteiger partial charge in [-0.25, -0.2) is 13.2 Å². The lowest BCUT2D eigenvalue weighted by Gasteiger charge is -2.15. The third-order valence-corrected chi connectivity index (χ3v) is 2.66. The van der Waals surface area contributed by atoms with Crippen LogP contribution < -0.4 is 4.74 Å². The Hall–Kier alpha value is -1.84. The highest BCUT2D eigenvalue weighted by atomic mass is 19.2. The number of rotatable bonds is 5. The van der Waals surface area contributed by atoms with Gasteiger partial charge in [-0.1, -0.05) is 0 Å². The molecule has 0 unspecified atom stereocenters. The molecule has 7 heteroatoms. The van der Waals surface area contributed by atoms with E-state index in [0.717, 1.165) is 0 Å². The zero-order valence-corrected chi connectivity index (χ0v) is 10.9. The van der Waals surface area contributed by atoms with Crippen molar-refractivity contribution in [2.75, 3.05) is 6.61 Å². The number of halogens is 5. The first-order valence-corrected chi connectivity index (χ1v) is 5.76. The topological polar surface area (TPSA) is 33.0 Å². The first kappa shape index (κ1) is 16.2. The second-order valence-corrected chi connectivity index (χ2v) is 4.85. The minimum atomic E-state index is -2.22. The Morgan fingerprint density at radius 1 is 0.950 bits per heavy atom. The van der Waals surface area contributed by atoms with Crippen molar-refractivity contribution in [2.24, 2.45) is 5.41 Å². The van der Waals surface area contributed by atoms with Gasteiger partial charge in [0.25, 0.3) is 0 Å². The lowest BCUT2D eigenvalue weighted by molar-refractivity contribution is 0.245. The van der Waals surface area contributed by atoms with Crippen LogP contribution in [0.4, 0.5) is 22.0 Å². The summed E-state index contributed by atoms with van der Waals surface area (Å²) in [6.07, 6.45) is 0.596. The Morgan fingerprint density at radius 3 is 1.85 bits per heavy atom. The van der Waals surface area contributed by atoms with Gasteiger partial charge in [0.2, 0.25) is 29.1 Å². The van der Waals surface area contributed by atoms with Gasteiger partial charge in [-0.3, -0.25) is 0 Å². The monoisotopic (exact) mass is 293 g/mol. The predicted molar refractivity (Wildman–Crippen MR) is 60.4 cm³/mol. The molecule has 0 aliphatic heterocycles. The highest BCUT2D eigenvalue weighted by Gasteiger charge is 2.27. The summed E-state index contributed by atoms with van der Waals surface area (Å²) < 4.78 is 69.6.